The van der Waals surface area contributed by atoms with E-state index in [1.54, 1.807) is 0 Å². The summed E-state index contributed by atoms with van der Waals surface area (Å²) >= 11 is 0. The van der Waals surface area contributed by atoms with Gasteiger partial charge in [0.2, 0.25) is 20.0 Å². The van der Waals surface area contributed by atoms with Crippen LogP contribution in [0, 0.1) is 5.92 Å². The maximum atomic E-state index is 12.5. The highest BCUT2D eigenvalue weighted by molar-refractivity contribution is 7.90. The van der Waals surface area contributed by atoms with Crippen LogP contribution in [0.3, 0.4) is 0 Å². The Labute approximate surface area is 137 Å². The second kappa shape index (κ2) is 7.24. The van der Waals surface area contributed by atoms with Crippen molar-refractivity contribution in [3.05, 3.63) is 24.3 Å². The number of nitrogens with two attached hydrogens (primary N) is 1. The number of primary sulfonamides is 1. The van der Waals surface area contributed by atoms with Crippen LogP contribution in [0.15, 0.2) is 34.1 Å². The molecule has 0 bridgehead atoms. The number of rotatable bonds is 5. The summed E-state index contributed by atoms with van der Waals surface area (Å²) in [5, 5.41) is 8.07. The molecule has 0 radical (unpaired) electrons. The Morgan fingerprint density at radius 3 is 2.50 bits per heavy atom. The molecular formula is C12H20ClN3O4S2. The maximum Gasteiger partial charge on any atom is 0.243 e. The monoisotopic (exact) mass is 369 g/mol. The van der Waals surface area contributed by atoms with Crippen molar-refractivity contribution >= 4 is 32.5 Å². The Kier molecular flexibility index (Phi) is 6.36. The summed E-state index contributed by atoms with van der Waals surface area (Å²) in [5.74, 6) is 0.270. The van der Waals surface area contributed by atoms with Crippen LogP contribution in [0.4, 0.5) is 0 Å². The lowest BCUT2D eigenvalue weighted by Crippen LogP contribution is -2.30. The molecule has 126 valence electrons. The third kappa shape index (κ3) is 4.18. The topological polar surface area (TPSA) is 110 Å². The molecular weight excluding hydrogens is 350 g/mol. The number of hydrogen-bond acceptors (Lipinski definition) is 5. The summed E-state index contributed by atoms with van der Waals surface area (Å²) in [5.41, 5.74) is 0. The predicted molar refractivity (Wildman–Crippen MR) is 85.9 cm³/mol. The van der Waals surface area contributed by atoms with Crippen molar-refractivity contribution in [1.29, 1.82) is 0 Å². The molecule has 1 aliphatic heterocycles. The number of halogens is 1. The van der Waals surface area contributed by atoms with Gasteiger partial charge in [-0.05, 0) is 44.1 Å². The first-order chi connectivity index (χ1) is 9.75. The molecule has 22 heavy (non-hydrogen) atoms. The van der Waals surface area contributed by atoms with Crippen LogP contribution < -0.4 is 10.5 Å². The van der Waals surface area contributed by atoms with Gasteiger partial charge in [0.25, 0.3) is 0 Å². The third-order valence-corrected chi connectivity index (χ3v) is 6.29. The lowest BCUT2D eigenvalue weighted by atomic mass is 10.1. The second-order valence-corrected chi connectivity index (χ2v) is 8.59. The smallest absolute Gasteiger partial charge is 0.243 e. The van der Waals surface area contributed by atoms with Gasteiger partial charge < -0.3 is 5.32 Å². The van der Waals surface area contributed by atoms with Crippen molar-refractivity contribution in [2.75, 3.05) is 26.7 Å². The van der Waals surface area contributed by atoms with Crippen molar-refractivity contribution in [1.82, 2.24) is 9.62 Å². The molecule has 3 N–H and O–H groups in total. The van der Waals surface area contributed by atoms with E-state index in [1.165, 1.54) is 22.5 Å². The van der Waals surface area contributed by atoms with Crippen LogP contribution in [0.5, 0.6) is 0 Å². The summed E-state index contributed by atoms with van der Waals surface area (Å²) in [7, 11) is -5.78. The summed E-state index contributed by atoms with van der Waals surface area (Å²) in [6.07, 6.45) is 0.787. The fourth-order valence-electron chi connectivity index (χ4n) is 2.43. The summed E-state index contributed by atoms with van der Waals surface area (Å²) in [6, 6.07) is 5.15. The number of nitrogens with one attached hydrogen (secondary N) is 1. The minimum Gasteiger partial charge on any atom is -0.319 e. The van der Waals surface area contributed by atoms with Crippen LogP contribution >= 0.6 is 12.4 Å². The Morgan fingerprint density at radius 1 is 1.27 bits per heavy atom. The van der Waals surface area contributed by atoms with E-state index in [9.17, 15) is 16.8 Å². The van der Waals surface area contributed by atoms with Crippen LogP contribution in [0.25, 0.3) is 0 Å². The van der Waals surface area contributed by atoms with E-state index >= 15 is 0 Å². The molecule has 1 aromatic rings. The minimum absolute atomic E-state index is 0. The molecule has 0 amide bonds. The van der Waals surface area contributed by atoms with Crippen LogP contribution in [0.2, 0.25) is 0 Å². The number of hydrogen-bond donors (Lipinski definition) is 2. The average Bonchev–Trinajstić information content (AvgIpc) is 2.88. The molecule has 10 heteroatoms. The molecule has 2 rings (SSSR count). The Balaban J connectivity index is 0.00000242. The standard InChI is InChI=1S/C12H19N3O4S2.ClH/c1-14-8-10-5-6-15(9-10)21(18,19)12-4-2-3-11(7-12)20(13,16)17;/h2-4,7,10,14H,5-6,8-9H2,1H3,(H2,13,16,17);1H. The third-order valence-electron chi connectivity index (χ3n) is 3.51. The molecule has 0 saturated carbocycles. The zero-order valence-electron chi connectivity index (χ0n) is 12.1. The van der Waals surface area contributed by atoms with E-state index in [2.05, 4.69) is 5.32 Å². The van der Waals surface area contributed by atoms with E-state index in [1.807, 2.05) is 7.05 Å². The van der Waals surface area contributed by atoms with Gasteiger partial charge in [0.1, 0.15) is 0 Å². The minimum atomic E-state index is -3.92. The van der Waals surface area contributed by atoms with Crippen molar-refractivity contribution < 1.29 is 16.8 Å². The highest BCUT2D eigenvalue weighted by atomic mass is 35.5. The normalized spacial score (nSPS) is 19.8. The molecule has 1 heterocycles. The van der Waals surface area contributed by atoms with Crippen molar-refractivity contribution in [2.24, 2.45) is 11.1 Å². The number of sulfonamides is 2. The molecule has 1 aromatic carbocycles. The number of benzene rings is 1. The molecule has 0 spiro atoms. The van der Waals surface area contributed by atoms with Crippen molar-refractivity contribution in [3.8, 4) is 0 Å². The Morgan fingerprint density at radius 2 is 1.91 bits per heavy atom. The first-order valence-corrected chi connectivity index (χ1v) is 9.51. The van der Waals surface area contributed by atoms with Gasteiger partial charge in [0.05, 0.1) is 9.79 Å². The van der Waals surface area contributed by atoms with Crippen molar-refractivity contribution in [2.45, 2.75) is 16.2 Å². The summed E-state index contributed by atoms with van der Waals surface area (Å²) in [4.78, 5) is -0.242. The number of nitrogens with zero attached hydrogens (tertiary/aromatic N) is 1. The molecule has 0 aliphatic carbocycles. The SMILES string of the molecule is CNCC1CCN(S(=O)(=O)c2cccc(S(N)(=O)=O)c2)C1.Cl. The Hall–Kier alpha value is -0.710. The van der Waals surface area contributed by atoms with Gasteiger partial charge >= 0.3 is 0 Å². The lowest BCUT2D eigenvalue weighted by Gasteiger charge is -2.17. The first kappa shape index (κ1) is 19.3. The van der Waals surface area contributed by atoms with Gasteiger partial charge in [0, 0.05) is 13.1 Å². The van der Waals surface area contributed by atoms with Crippen LogP contribution in [0.1, 0.15) is 6.42 Å². The van der Waals surface area contributed by atoms with E-state index in [-0.39, 0.29) is 28.1 Å². The van der Waals surface area contributed by atoms with Gasteiger partial charge in [-0.15, -0.1) is 12.4 Å². The quantitative estimate of drug-likeness (QED) is 0.758. The van der Waals surface area contributed by atoms with E-state index in [0.29, 0.717) is 13.1 Å². The van der Waals surface area contributed by atoms with Gasteiger partial charge in [-0.2, -0.15) is 4.31 Å². The van der Waals surface area contributed by atoms with Gasteiger partial charge in [-0.1, -0.05) is 6.07 Å². The molecule has 1 saturated heterocycles. The molecule has 1 atom stereocenters. The molecule has 1 fully saturated rings. The van der Waals surface area contributed by atoms with Crippen molar-refractivity contribution in [3.63, 3.8) is 0 Å². The molecule has 0 aromatic heterocycles. The molecule has 7 nitrogen and oxygen atoms in total. The zero-order valence-corrected chi connectivity index (χ0v) is 14.5. The zero-order chi connectivity index (χ0) is 15.7. The fourth-order valence-corrected chi connectivity index (χ4v) is 4.64. The fraction of sp³-hybridized carbons (Fsp3) is 0.500. The van der Waals surface area contributed by atoms with Crippen LogP contribution in [-0.4, -0.2) is 47.8 Å². The van der Waals surface area contributed by atoms with Crippen LogP contribution in [-0.2, 0) is 20.0 Å². The lowest BCUT2D eigenvalue weighted by molar-refractivity contribution is 0.451. The Bertz CT molecular complexity index is 722. The van der Waals surface area contributed by atoms with Gasteiger partial charge in [-0.25, -0.2) is 22.0 Å². The first-order valence-electron chi connectivity index (χ1n) is 6.53. The molecule has 1 aliphatic rings. The predicted octanol–water partition coefficient (Wildman–Crippen LogP) is -0.0142. The van der Waals surface area contributed by atoms with E-state index < -0.39 is 20.0 Å². The van der Waals surface area contributed by atoms with E-state index in [0.717, 1.165) is 19.0 Å². The van der Waals surface area contributed by atoms with Gasteiger partial charge in [0.15, 0.2) is 0 Å². The highest BCUT2D eigenvalue weighted by Gasteiger charge is 2.32. The maximum absolute atomic E-state index is 12.5. The largest absolute Gasteiger partial charge is 0.319 e. The molecule has 1 unspecified atom stereocenters. The van der Waals surface area contributed by atoms with E-state index in [4.69, 9.17) is 5.14 Å². The highest BCUT2D eigenvalue weighted by Crippen LogP contribution is 2.25. The summed E-state index contributed by atoms with van der Waals surface area (Å²) in [6.45, 7) is 1.63. The second-order valence-electron chi connectivity index (χ2n) is 5.10. The average molecular weight is 370 g/mol. The van der Waals surface area contributed by atoms with Gasteiger partial charge in [-0.3, -0.25) is 0 Å². The summed E-state index contributed by atoms with van der Waals surface area (Å²) < 4.78 is 49.1.